The molecule has 1 aromatic carbocycles. The van der Waals surface area contributed by atoms with Crippen LogP contribution in [0, 0.1) is 0 Å². The second-order valence-corrected chi connectivity index (χ2v) is 4.85. The van der Waals surface area contributed by atoms with Crippen molar-refractivity contribution < 1.29 is 5.11 Å². The Labute approximate surface area is 138 Å². The maximum atomic E-state index is 9.60. The first-order chi connectivity index (χ1) is 9.13. The molecule has 0 saturated heterocycles. The van der Waals surface area contributed by atoms with Crippen molar-refractivity contribution in [1.29, 1.82) is 0 Å². The Bertz CT molecular complexity index is 382. The van der Waals surface area contributed by atoms with Crippen LogP contribution in [0.3, 0.4) is 0 Å². The van der Waals surface area contributed by atoms with Crippen molar-refractivity contribution in [3.63, 3.8) is 0 Å². The van der Waals surface area contributed by atoms with Crippen molar-refractivity contribution in [3.05, 3.63) is 35.9 Å². The maximum Gasteiger partial charge on any atom is 0.188 e. The zero-order valence-corrected chi connectivity index (χ0v) is 14.6. The molecule has 0 aromatic heterocycles. The quantitative estimate of drug-likeness (QED) is 0.380. The predicted molar refractivity (Wildman–Crippen MR) is 95.7 cm³/mol. The number of nitrogens with two attached hydrogens (primary N) is 1. The van der Waals surface area contributed by atoms with E-state index in [4.69, 9.17) is 5.73 Å². The van der Waals surface area contributed by atoms with Crippen molar-refractivity contribution in [2.24, 2.45) is 10.7 Å². The SMILES string of the molecule is CCCNC(N)=NCC(CC(C)O)c1ccccc1.I. The summed E-state index contributed by atoms with van der Waals surface area (Å²) in [6, 6.07) is 10.1. The second kappa shape index (κ2) is 10.9. The summed E-state index contributed by atoms with van der Waals surface area (Å²) in [5.41, 5.74) is 6.98. The van der Waals surface area contributed by atoms with Crippen molar-refractivity contribution in [3.8, 4) is 0 Å². The molecule has 5 heteroatoms. The van der Waals surface area contributed by atoms with Gasteiger partial charge in [-0.25, -0.2) is 0 Å². The highest BCUT2D eigenvalue weighted by Crippen LogP contribution is 2.21. The van der Waals surface area contributed by atoms with Crippen LogP contribution >= 0.6 is 24.0 Å². The van der Waals surface area contributed by atoms with Crippen LogP contribution in [0.25, 0.3) is 0 Å². The minimum Gasteiger partial charge on any atom is -0.393 e. The van der Waals surface area contributed by atoms with Gasteiger partial charge >= 0.3 is 0 Å². The van der Waals surface area contributed by atoms with Gasteiger partial charge in [-0.1, -0.05) is 37.3 Å². The van der Waals surface area contributed by atoms with Crippen LogP contribution in [-0.2, 0) is 0 Å². The number of halogens is 1. The lowest BCUT2D eigenvalue weighted by atomic mass is 9.93. The van der Waals surface area contributed by atoms with Gasteiger partial charge in [-0.3, -0.25) is 4.99 Å². The highest BCUT2D eigenvalue weighted by Gasteiger charge is 2.13. The summed E-state index contributed by atoms with van der Waals surface area (Å²) in [4.78, 5) is 4.36. The van der Waals surface area contributed by atoms with Crippen LogP contribution in [0.15, 0.2) is 35.3 Å². The third-order valence-corrected chi connectivity index (χ3v) is 2.93. The number of nitrogens with zero attached hydrogens (tertiary/aromatic N) is 1. The van der Waals surface area contributed by atoms with E-state index in [1.54, 1.807) is 6.92 Å². The predicted octanol–water partition coefficient (Wildman–Crippen LogP) is 2.47. The highest BCUT2D eigenvalue weighted by atomic mass is 127. The van der Waals surface area contributed by atoms with Crippen LogP contribution in [0.4, 0.5) is 0 Å². The Kier molecular flexibility index (Phi) is 10.5. The second-order valence-electron chi connectivity index (χ2n) is 4.85. The molecule has 0 aliphatic heterocycles. The molecule has 0 fully saturated rings. The van der Waals surface area contributed by atoms with E-state index in [2.05, 4.69) is 29.4 Å². The number of aliphatic hydroxyl groups excluding tert-OH is 1. The monoisotopic (exact) mass is 391 g/mol. The number of hydrogen-bond acceptors (Lipinski definition) is 2. The van der Waals surface area contributed by atoms with Crippen LogP contribution in [-0.4, -0.2) is 30.3 Å². The lowest BCUT2D eigenvalue weighted by molar-refractivity contribution is 0.175. The first kappa shape index (κ1) is 19.2. The fraction of sp³-hybridized carbons (Fsp3) is 0.533. The lowest BCUT2D eigenvalue weighted by Crippen LogP contribution is -2.32. The van der Waals surface area contributed by atoms with Crippen LogP contribution in [0.5, 0.6) is 0 Å². The fourth-order valence-electron chi connectivity index (χ4n) is 1.97. The summed E-state index contributed by atoms with van der Waals surface area (Å²) < 4.78 is 0. The van der Waals surface area contributed by atoms with E-state index in [9.17, 15) is 5.11 Å². The molecule has 1 rings (SSSR count). The molecule has 0 saturated carbocycles. The molecular weight excluding hydrogens is 365 g/mol. The van der Waals surface area contributed by atoms with Crippen molar-refractivity contribution in [1.82, 2.24) is 5.32 Å². The molecule has 2 atom stereocenters. The van der Waals surface area contributed by atoms with E-state index in [1.807, 2.05) is 18.2 Å². The Morgan fingerprint density at radius 3 is 2.55 bits per heavy atom. The van der Waals surface area contributed by atoms with Crippen molar-refractivity contribution >= 4 is 29.9 Å². The molecule has 114 valence electrons. The van der Waals surface area contributed by atoms with Gasteiger partial charge in [0.15, 0.2) is 5.96 Å². The summed E-state index contributed by atoms with van der Waals surface area (Å²) >= 11 is 0. The number of rotatable bonds is 7. The lowest BCUT2D eigenvalue weighted by Gasteiger charge is -2.17. The smallest absolute Gasteiger partial charge is 0.188 e. The molecular formula is C15H26IN3O. The average molecular weight is 391 g/mol. The summed E-state index contributed by atoms with van der Waals surface area (Å²) in [6.07, 6.45) is 1.37. The first-order valence-corrected chi connectivity index (χ1v) is 6.90. The Morgan fingerprint density at radius 2 is 2.00 bits per heavy atom. The van der Waals surface area contributed by atoms with E-state index in [-0.39, 0.29) is 36.0 Å². The molecule has 0 radical (unpaired) electrons. The van der Waals surface area contributed by atoms with Gasteiger partial charge in [-0.2, -0.15) is 0 Å². The third-order valence-electron chi connectivity index (χ3n) is 2.93. The van der Waals surface area contributed by atoms with Gasteiger partial charge in [0.2, 0.25) is 0 Å². The summed E-state index contributed by atoms with van der Waals surface area (Å²) in [5, 5.41) is 12.7. The number of guanidine groups is 1. The summed E-state index contributed by atoms with van der Waals surface area (Å²) in [7, 11) is 0. The van der Waals surface area contributed by atoms with Gasteiger partial charge in [-0.15, -0.1) is 24.0 Å². The topological polar surface area (TPSA) is 70.6 Å². The van der Waals surface area contributed by atoms with Gasteiger partial charge in [0.25, 0.3) is 0 Å². The third kappa shape index (κ3) is 7.69. The minimum absolute atomic E-state index is 0. The van der Waals surface area contributed by atoms with Crippen LogP contribution in [0.2, 0.25) is 0 Å². The molecule has 0 amide bonds. The average Bonchev–Trinajstić information content (AvgIpc) is 2.41. The van der Waals surface area contributed by atoms with Gasteiger partial charge in [-0.05, 0) is 25.3 Å². The van der Waals surface area contributed by atoms with E-state index in [1.165, 1.54) is 5.56 Å². The molecule has 0 aliphatic carbocycles. The normalized spacial score (nSPS) is 14.2. The van der Waals surface area contributed by atoms with Gasteiger partial charge < -0.3 is 16.2 Å². The van der Waals surface area contributed by atoms with Crippen molar-refractivity contribution in [2.75, 3.05) is 13.1 Å². The zero-order valence-electron chi connectivity index (χ0n) is 12.2. The molecule has 20 heavy (non-hydrogen) atoms. The Balaban J connectivity index is 0.00000361. The summed E-state index contributed by atoms with van der Waals surface area (Å²) in [6.45, 7) is 5.32. The van der Waals surface area contributed by atoms with Crippen LogP contribution in [0.1, 0.15) is 38.2 Å². The van der Waals surface area contributed by atoms with E-state index in [0.717, 1.165) is 13.0 Å². The van der Waals surface area contributed by atoms with E-state index in [0.29, 0.717) is 18.9 Å². The molecule has 0 bridgehead atoms. The first-order valence-electron chi connectivity index (χ1n) is 6.90. The van der Waals surface area contributed by atoms with Crippen molar-refractivity contribution in [2.45, 2.75) is 38.7 Å². The number of nitrogens with one attached hydrogen (secondary N) is 1. The molecule has 4 N–H and O–H groups in total. The summed E-state index contributed by atoms with van der Waals surface area (Å²) in [5.74, 6) is 0.677. The molecule has 1 aromatic rings. The minimum atomic E-state index is -0.342. The number of aliphatic hydroxyl groups is 1. The molecule has 4 nitrogen and oxygen atoms in total. The molecule has 0 spiro atoms. The van der Waals surface area contributed by atoms with Crippen LogP contribution < -0.4 is 11.1 Å². The fourth-order valence-corrected chi connectivity index (χ4v) is 1.97. The molecule has 2 unspecified atom stereocenters. The maximum absolute atomic E-state index is 9.60. The molecule has 0 aliphatic rings. The highest BCUT2D eigenvalue weighted by molar-refractivity contribution is 14.0. The Morgan fingerprint density at radius 1 is 1.35 bits per heavy atom. The number of aliphatic imine (C=N–C) groups is 1. The van der Waals surface area contributed by atoms with E-state index >= 15 is 0 Å². The van der Waals surface area contributed by atoms with Gasteiger partial charge in [0.05, 0.1) is 6.10 Å². The standard InChI is InChI=1S/C15H25N3O.HI/c1-3-9-17-15(16)18-11-14(10-12(2)19)13-7-5-4-6-8-13;/h4-8,12,14,19H,3,9-11H2,1-2H3,(H3,16,17,18);1H. The molecule has 0 heterocycles. The van der Waals surface area contributed by atoms with Gasteiger partial charge in [0, 0.05) is 19.0 Å². The Hall–Kier alpha value is -0.820. The number of benzene rings is 1. The largest absolute Gasteiger partial charge is 0.393 e. The number of hydrogen-bond donors (Lipinski definition) is 3. The van der Waals surface area contributed by atoms with Gasteiger partial charge in [0.1, 0.15) is 0 Å². The zero-order chi connectivity index (χ0) is 14.1. The van der Waals surface area contributed by atoms with E-state index < -0.39 is 0 Å².